The van der Waals surface area contributed by atoms with Gasteiger partial charge in [-0.3, -0.25) is 0 Å². The van der Waals surface area contributed by atoms with Gasteiger partial charge in [0.15, 0.2) is 0 Å². The molecular formula is C3H5FO3. The van der Waals surface area contributed by atoms with Crippen molar-refractivity contribution in [3.05, 3.63) is 12.4 Å². The predicted molar refractivity (Wildman–Crippen MR) is 21.5 cm³/mol. The fourth-order valence-corrected chi connectivity index (χ4v) is 0.0539. The zero-order valence-electron chi connectivity index (χ0n) is 3.39. The lowest BCUT2D eigenvalue weighted by Gasteiger charge is -1.66. The van der Waals surface area contributed by atoms with Crippen LogP contribution in [-0.4, -0.2) is 16.6 Å². The van der Waals surface area contributed by atoms with E-state index in [0.29, 0.717) is 6.08 Å². The first-order valence-electron chi connectivity index (χ1n) is 1.27. The maximum Gasteiger partial charge on any atom is 0.330 e. The van der Waals surface area contributed by atoms with Crippen LogP contribution >= 0.6 is 0 Å². The molecule has 0 atom stereocenters. The van der Waals surface area contributed by atoms with E-state index in [2.05, 4.69) is 0 Å². The first-order valence-corrected chi connectivity index (χ1v) is 1.27. The van der Waals surface area contributed by atoms with E-state index in [4.69, 9.17) is 5.11 Å². The molecule has 0 aliphatic carbocycles. The summed E-state index contributed by atoms with van der Waals surface area (Å²) in [6, 6.07) is 0. The normalized spacial score (nSPS) is 8.14. The third-order valence-corrected chi connectivity index (χ3v) is 0.206. The first kappa shape index (κ1) is 9.44. The molecule has 3 N–H and O–H groups in total. The van der Waals surface area contributed by atoms with Gasteiger partial charge in [0.1, 0.15) is 0 Å². The van der Waals surface area contributed by atoms with Gasteiger partial charge >= 0.3 is 5.97 Å². The summed E-state index contributed by atoms with van der Waals surface area (Å²) in [6.45, 7) is 0. The number of halogens is 1. The highest BCUT2D eigenvalue weighted by Crippen LogP contribution is 1.68. The molecule has 0 amide bonds. The lowest BCUT2D eigenvalue weighted by molar-refractivity contribution is -0.131. The summed E-state index contributed by atoms with van der Waals surface area (Å²) in [4.78, 5) is 9.27. The Morgan fingerprint density at radius 3 is 2.14 bits per heavy atom. The van der Waals surface area contributed by atoms with Crippen molar-refractivity contribution in [2.24, 2.45) is 0 Å². The highest BCUT2D eigenvalue weighted by Gasteiger charge is 1.78. The third-order valence-electron chi connectivity index (χ3n) is 0.206. The summed E-state index contributed by atoms with van der Waals surface area (Å²) >= 11 is 0. The molecule has 0 unspecified atom stereocenters. The largest absolute Gasteiger partial charge is 0.478 e. The summed E-state index contributed by atoms with van der Waals surface area (Å²) in [5.41, 5.74) is 0. The van der Waals surface area contributed by atoms with Crippen LogP contribution in [0.15, 0.2) is 12.4 Å². The second-order valence-corrected chi connectivity index (χ2v) is 0.631. The van der Waals surface area contributed by atoms with Crippen molar-refractivity contribution in [3.8, 4) is 0 Å². The Bertz CT molecular complexity index is 78.2. The van der Waals surface area contributed by atoms with Crippen molar-refractivity contribution in [2.75, 3.05) is 0 Å². The minimum atomic E-state index is -1.27. The monoisotopic (exact) mass is 108 g/mol. The van der Waals surface area contributed by atoms with E-state index in [9.17, 15) is 9.18 Å². The van der Waals surface area contributed by atoms with Gasteiger partial charge in [-0.05, 0) is 0 Å². The molecule has 0 aliphatic rings. The van der Waals surface area contributed by atoms with E-state index in [1.54, 1.807) is 0 Å². The number of aliphatic carboxylic acids is 1. The Balaban J connectivity index is 0. The fourth-order valence-electron chi connectivity index (χ4n) is 0.0539. The lowest BCUT2D eigenvalue weighted by atomic mass is 10.7. The Morgan fingerprint density at radius 1 is 1.71 bits per heavy atom. The maximum atomic E-state index is 10.7. The highest BCUT2D eigenvalue weighted by atomic mass is 19.1. The van der Waals surface area contributed by atoms with Crippen molar-refractivity contribution in [1.29, 1.82) is 0 Å². The maximum absolute atomic E-state index is 10.7. The van der Waals surface area contributed by atoms with Crippen molar-refractivity contribution in [3.63, 3.8) is 0 Å². The molecule has 0 spiro atoms. The number of hydrogen-bond donors (Lipinski definition) is 1. The van der Waals surface area contributed by atoms with E-state index in [-0.39, 0.29) is 11.8 Å². The molecule has 0 aromatic heterocycles. The molecule has 0 bridgehead atoms. The number of carboxylic acids is 1. The molecule has 0 aromatic rings. The summed E-state index contributed by atoms with van der Waals surface area (Å²) in [6.07, 6.45) is 0.391. The summed E-state index contributed by atoms with van der Waals surface area (Å²) in [7, 11) is 0. The molecule has 0 fully saturated rings. The molecule has 4 heteroatoms. The summed E-state index contributed by atoms with van der Waals surface area (Å²) in [5.74, 6) is -1.27. The topological polar surface area (TPSA) is 68.8 Å². The average Bonchev–Trinajstić information content (AvgIpc) is 1.35. The highest BCUT2D eigenvalue weighted by molar-refractivity contribution is 5.79. The van der Waals surface area contributed by atoms with E-state index in [0.717, 1.165) is 0 Å². The molecule has 42 valence electrons. The van der Waals surface area contributed by atoms with E-state index < -0.39 is 5.97 Å². The summed E-state index contributed by atoms with van der Waals surface area (Å²) < 4.78 is 10.7. The molecule has 0 radical (unpaired) electrons. The van der Waals surface area contributed by atoms with Crippen LogP contribution in [0.5, 0.6) is 0 Å². The Kier molecular flexibility index (Phi) is 6.88. The first-order chi connectivity index (χ1) is 2.77. The van der Waals surface area contributed by atoms with Gasteiger partial charge in [0, 0.05) is 0 Å². The molecule has 0 rings (SSSR count). The SMILES string of the molecule is O.O=C(O)C=CF. The van der Waals surface area contributed by atoms with Crippen molar-refractivity contribution < 1.29 is 19.8 Å². The average molecular weight is 108 g/mol. The second kappa shape index (κ2) is 5.10. The van der Waals surface area contributed by atoms with E-state index >= 15 is 0 Å². The van der Waals surface area contributed by atoms with Crippen LogP contribution in [0, 0.1) is 0 Å². The number of carboxylic acid groups (broad SMARTS) is 1. The van der Waals surface area contributed by atoms with Crippen LogP contribution in [0.3, 0.4) is 0 Å². The molecule has 7 heavy (non-hydrogen) atoms. The zero-order chi connectivity index (χ0) is 4.99. The second-order valence-electron chi connectivity index (χ2n) is 0.631. The fraction of sp³-hybridized carbons (Fsp3) is 0. The zero-order valence-corrected chi connectivity index (χ0v) is 3.39. The number of carbonyl (C=O) groups is 1. The molecule has 0 heterocycles. The molecule has 3 nitrogen and oxygen atoms in total. The van der Waals surface area contributed by atoms with Crippen LogP contribution in [0.1, 0.15) is 0 Å². The Hall–Kier alpha value is -0.900. The van der Waals surface area contributed by atoms with Gasteiger partial charge < -0.3 is 10.6 Å². The van der Waals surface area contributed by atoms with Gasteiger partial charge in [0.25, 0.3) is 0 Å². The van der Waals surface area contributed by atoms with E-state index in [1.165, 1.54) is 0 Å². The van der Waals surface area contributed by atoms with Gasteiger partial charge in [0.2, 0.25) is 0 Å². The van der Waals surface area contributed by atoms with Gasteiger partial charge in [-0.1, -0.05) is 0 Å². The molecule has 0 aliphatic heterocycles. The van der Waals surface area contributed by atoms with Crippen molar-refractivity contribution in [1.82, 2.24) is 0 Å². The predicted octanol–water partition coefficient (Wildman–Crippen LogP) is -0.270. The van der Waals surface area contributed by atoms with Crippen LogP contribution in [0.25, 0.3) is 0 Å². The van der Waals surface area contributed by atoms with Gasteiger partial charge in [-0.2, -0.15) is 0 Å². The van der Waals surface area contributed by atoms with Gasteiger partial charge in [-0.25, -0.2) is 9.18 Å². The van der Waals surface area contributed by atoms with Gasteiger partial charge in [-0.15, -0.1) is 0 Å². The van der Waals surface area contributed by atoms with E-state index in [1.807, 2.05) is 0 Å². The molecule has 0 saturated carbocycles. The minimum absolute atomic E-state index is 0. The van der Waals surface area contributed by atoms with Crippen LogP contribution in [0.4, 0.5) is 4.39 Å². The third kappa shape index (κ3) is 11.1. The molecule has 0 saturated heterocycles. The van der Waals surface area contributed by atoms with Crippen molar-refractivity contribution in [2.45, 2.75) is 0 Å². The standard InChI is InChI=1S/C3H3FO2.H2O/c4-2-1-3(5)6;/h1-2H,(H,5,6);1H2. The molecular weight excluding hydrogens is 103 g/mol. The Morgan fingerprint density at radius 2 is 2.14 bits per heavy atom. The van der Waals surface area contributed by atoms with Crippen LogP contribution in [-0.2, 0) is 4.79 Å². The summed E-state index contributed by atoms with van der Waals surface area (Å²) in [5, 5.41) is 7.59. The smallest absolute Gasteiger partial charge is 0.330 e. The lowest BCUT2D eigenvalue weighted by Crippen LogP contribution is -1.83. The minimum Gasteiger partial charge on any atom is -0.478 e. The Labute approximate surface area is 39.4 Å². The van der Waals surface area contributed by atoms with Gasteiger partial charge in [0.05, 0.1) is 12.4 Å². The quantitative estimate of drug-likeness (QED) is 0.469. The van der Waals surface area contributed by atoms with Crippen molar-refractivity contribution >= 4 is 5.97 Å². The molecule has 0 aromatic carbocycles. The van der Waals surface area contributed by atoms with Crippen LogP contribution in [0.2, 0.25) is 0 Å². The number of hydrogen-bond acceptors (Lipinski definition) is 1. The number of rotatable bonds is 1. The van der Waals surface area contributed by atoms with Crippen LogP contribution < -0.4 is 0 Å².